The molecule has 6 heteroatoms. The summed E-state index contributed by atoms with van der Waals surface area (Å²) in [5, 5.41) is 23.8. The first-order chi connectivity index (χ1) is 31.5. The maximum absolute atomic E-state index is 13.2. The molecular weight excluding hydrogens is 791 g/mol. The number of allylic oxidation sites excluding steroid dienone is 5. The van der Waals surface area contributed by atoms with Gasteiger partial charge in [0.1, 0.15) is 6.10 Å². The number of nitrogens with one attached hydrogen (secondary N) is 1. The Balaban J connectivity index is 4.50. The number of carbonyl (C=O) groups excluding carboxylic acids is 2. The van der Waals surface area contributed by atoms with Crippen molar-refractivity contribution in [2.24, 2.45) is 0 Å². The van der Waals surface area contributed by atoms with Crippen LogP contribution < -0.4 is 5.32 Å². The van der Waals surface area contributed by atoms with Gasteiger partial charge in [0, 0.05) is 6.42 Å². The number of hydrogen-bond donors (Lipinski definition) is 3. The molecule has 0 aromatic heterocycles. The fourth-order valence-corrected chi connectivity index (χ4v) is 8.63. The van der Waals surface area contributed by atoms with Crippen LogP contribution in [0.5, 0.6) is 0 Å². The van der Waals surface area contributed by atoms with Crippen LogP contribution in [0.3, 0.4) is 0 Å². The highest BCUT2D eigenvalue weighted by Crippen LogP contribution is 2.17. The van der Waals surface area contributed by atoms with Gasteiger partial charge in [-0.15, -0.1) is 0 Å². The van der Waals surface area contributed by atoms with Gasteiger partial charge < -0.3 is 20.3 Å². The molecule has 0 saturated carbocycles. The van der Waals surface area contributed by atoms with Gasteiger partial charge in [0.05, 0.1) is 25.2 Å². The second-order valence-electron chi connectivity index (χ2n) is 19.3. The van der Waals surface area contributed by atoms with Crippen LogP contribution in [0.25, 0.3) is 0 Å². The van der Waals surface area contributed by atoms with Crippen LogP contribution >= 0.6 is 0 Å². The van der Waals surface area contributed by atoms with Crippen LogP contribution in [-0.2, 0) is 14.3 Å². The highest BCUT2D eigenvalue weighted by molar-refractivity contribution is 5.78. The van der Waals surface area contributed by atoms with Gasteiger partial charge in [-0.2, -0.15) is 0 Å². The first-order valence-electron chi connectivity index (χ1n) is 28.2. The molecule has 0 saturated heterocycles. The van der Waals surface area contributed by atoms with E-state index in [2.05, 4.69) is 50.4 Å². The minimum atomic E-state index is -0.810. The summed E-state index contributed by atoms with van der Waals surface area (Å²) in [6.45, 7) is 6.47. The molecule has 3 unspecified atom stereocenters. The first kappa shape index (κ1) is 62.1. The molecule has 3 N–H and O–H groups in total. The van der Waals surface area contributed by atoms with Crippen molar-refractivity contribution in [3.05, 3.63) is 36.5 Å². The van der Waals surface area contributed by atoms with Gasteiger partial charge in [-0.3, -0.25) is 9.59 Å². The minimum absolute atomic E-state index is 0.0275. The molecule has 0 bridgehead atoms. The van der Waals surface area contributed by atoms with E-state index in [1.54, 1.807) is 0 Å². The molecule has 64 heavy (non-hydrogen) atoms. The third-order valence-corrected chi connectivity index (χ3v) is 12.9. The van der Waals surface area contributed by atoms with Gasteiger partial charge in [0.25, 0.3) is 0 Å². The fraction of sp³-hybridized carbons (Fsp3) is 0.862. The van der Waals surface area contributed by atoms with Crippen molar-refractivity contribution in [1.29, 1.82) is 0 Å². The SMILES string of the molecule is CCCCCCCC/C=C\C/C=C/C(CC(=O)NC(CO)C(O)CCCCCCCCCCCCCCCCCCC)OC(=O)CCCCCCCCC/C=C/CCCCCCCC. The van der Waals surface area contributed by atoms with E-state index in [1.807, 2.05) is 12.2 Å². The summed E-state index contributed by atoms with van der Waals surface area (Å²) >= 11 is 0. The topological polar surface area (TPSA) is 95.9 Å². The molecule has 0 rings (SSSR count). The molecule has 0 aliphatic heterocycles. The highest BCUT2D eigenvalue weighted by Gasteiger charge is 2.23. The Bertz CT molecular complexity index is 1060. The van der Waals surface area contributed by atoms with Gasteiger partial charge in [-0.1, -0.05) is 257 Å². The van der Waals surface area contributed by atoms with Gasteiger partial charge in [-0.05, 0) is 63.9 Å². The van der Waals surface area contributed by atoms with Gasteiger partial charge in [-0.25, -0.2) is 0 Å². The monoisotopic (exact) mass is 900 g/mol. The quantitative estimate of drug-likeness (QED) is 0.0321. The number of hydrogen-bond acceptors (Lipinski definition) is 5. The predicted molar refractivity (Wildman–Crippen MR) is 278 cm³/mol. The molecule has 376 valence electrons. The third-order valence-electron chi connectivity index (χ3n) is 12.9. The Morgan fingerprint density at radius 2 is 0.828 bits per heavy atom. The first-order valence-corrected chi connectivity index (χ1v) is 28.2. The number of unbranched alkanes of at least 4 members (excludes halogenated alkanes) is 35. The standard InChI is InChI=1S/C58H109NO5/c1-4-7-10-13-16-19-22-24-26-28-30-32-35-38-41-44-47-50-56(61)55(53-60)59-57(62)52-54(49-46-43-40-37-34-21-18-15-12-9-6-3)64-58(63)51-48-45-42-39-36-33-31-29-27-25-23-20-17-14-11-8-5-2/h25,27,37,40,46,49,54-56,60-61H,4-24,26,28-36,38-39,41-45,47-48,50-53H2,1-3H3,(H,59,62)/b27-25+,40-37-,49-46+. The second kappa shape index (κ2) is 52.1. The van der Waals surface area contributed by atoms with E-state index < -0.39 is 18.2 Å². The molecule has 3 atom stereocenters. The number of esters is 1. The number of amides is 1. The summed E-state index contributed by atoms with van der Waals surface area (Å²) < 4.78 is 5.84. The maximum atomic E-state index is 13.2. The molecule has 0 aromatic carbocycles. The van der Waals surface area contributed by atoms with E-state index in [0.717, 1.165) is 51.4 Å². The van der Waals surface area contributed by atoms with Crippen molar-refractivity contribution in [1.82, 2.24) is 5.32 Å². The summed E-state index contributed by atoms with van der Waals surface area (Å²) in [5.74, 6) is -0.596. The Kier molecular flexibility index (Phi) is 50.5. The minimum Gasteiger partial charge on any atom is -0.458 e. The highest BCUT2D eigenvalue weighted by atomic mass is 16.5. The van der Waals surface area contributed by atoms with Crippen LogP contribution in [0.2, 0.25) is 0 Å². The smallest absolute Gasteiger partial charge is 0.306 e. The van der Waals surface area contributed by atoms with E-state index in [0.29, 0.717) is 12.8 Å². The lowest BCUT2D eigenvalue weighted by atomic mass is 10.0. The van der Waals surface area contributed by atoms with Crippen LogP contribution in [-0.4, -0.2) is 46.9 Å². The van der Waals surface area contributed by atoms with E-state index in [9.17, 15) is 19.8 Å². The molecule has 0 spiro atoms. The molecule has 0 aromatic rings. The summed E-state index contributed by atoms with van der Waals surface area (Å²) in [4.78, 5) is 26.1. The van der Waals surface area contributed by atoms with Crippen LogP contribution in [0.15, 0.2) is 36.5 Å². The Hall–Kier alpha value is -1.92. The molecular formula is C58H109NO5. The number of aliphatic hydroxyl groups excluding tert-OH is 2. The zero-order valence-corrected chi connectivity index (χ0v) is 42.9. The maximum Gasteiger partial charge on any atom is 0.306 e. The van der Waals surface area contributed by atoms with E-state index in [4.69, 9.17) is 4.74 Å². The van der Waals surface area contributed by atoms with Crippen molar-refractivity contribution in [3.8, 4) is 0 Å². The van der Waals surface area contributed by atoms with E-state index >= 15 is 0 Å². The van der Waals surface area contributed by atoms with Crippen molar-refractivity contribution in [3.63, 3.8) is 0 Å². The van der Waals surface area contributed by atoms with Gasteiger partial charge in [0.2, 0.25) is 5.91 Å². The van der Waals surface area contributed by atoms with Crippen molar-refractivity contribution >= 4 is 11.9 Å². The molecule has 6 nitrogen and oxygen atoms in total. The predicted octanol–water partition coefficient (Wildman–Crippen LogP) is 17.2. The van der Waals surface area contributed by atoms with Crippen molar-refractivity contribution < 1.29 is 24.5 Å². The Morgan fingerprint density at radius 1 is 0.469 bits per heavy atom. The lowest BCUT2D eigenvalue weighted by molar-refractivity contribution is -0.148. The largest absolute Gasteiger partial charge is 0.458 e. The summed E-state index contributed by atoms with van der Waals surface area (Å²) in [5.41, 5.74) is 0. The zero-order valence-electron chi connectivity index (χ0n) is 42.9. The Labute approximate surface area is 398 Å². The normalized spacial score (nSPS) is 13.4. The lowest BCUT2D eigenvalue weighted by Crippen LogP contribution is -2.46. The number of ether oxygens (including phenoxy) is 1. The molecule has 1 amide bonds. The van der Waals surface area contributed by atoms with Gasteiger partial charge >= 0.3 is 5.97 Å². The average molecular weight is 901 g/mol. The number of carbonyl (C=O) groups is 2. The fourth-order valence-electron chi connectivity index (χ4n) is 8.63. The molecule has 0 aliphatic carbocycles. The lowest BCUT2D eigenvalue weighted by Gasteiger charge is -2.23. The van der Waals surface area contributed by atoms with Crippen molar-refractivity contribution in [2.75, 3.05) is 6.61 Å². The third kappa shape index (κ3) is 46.6. The van der Waals surface area contributed by atoms with Crippen LogP contribution in [0, 0.1) is 0 Å². The number of aliphatic hydroxyl groups is 2. The van der Waals surface area contributed by atoms with Crippen molar-refractivity contribution in [2.45, 2.75) is 315 Å². The van der Waals surface area contributed by atoms with E-state index in [1.165, 1.54) is 205 Å². The average Bonchev–Trinajstić information content (AvgIpc) is 3.29. The summed E-state index contributed by atoms with van der Waals surface area (Å²) in [6.07, 6.45) is 62.4. The van der Waals surface area contributed by atoms with Gasteiger partial charge in [0.15, 0.2) is 0 Å². The molecule has 0 aliphatic rings. The van der Waals surface area contributed by atoms with E-state index in [-0.39, 0.29) is 24.9 Å². The number of rotatable bonds is 51. The summed E-state index contributed by atoms with van der Waals surface area (Å²) in [6, 6.07) is -0.731. The Morgan fingerprint density at radius 3 is 1.23 bits per heavy atom. The second-order valence-corrected chi connectivity index (χ2v) is 19.3. The zero-order chi connectivity index (χ0) is 46.7. The molecule has 0 fully saturated rings. The molecule has 0 heterocycles. The summed E-state index contributed by atoms with van der Waals surface area (Å²) in [7, 11) is 0. The van der Waals surface area contributed by atoms with Crippen LogP contribution in [0.1, 0.15) is 297 Å². The molecule has 0 radical (unpaired) electrons. The van der Waals surface area contributed by atoms with Crippen LogP contribution in [0.4, 0.5) is 0 Å².